The van der Waals surface area contributed by atoms with Crippen molar-refractivity contribution in [3.8, 4) is 5.88 Å². The molecule has 0 radical (unpaired) electrons. The molecular weight excluding hydrogens is 280 g/mol. The van der Waals surface area contributed by atoms with Crippen molar-refractivity contribution in [2.24, 2.45) is 0 Å². The van der Waals surface area contributed by atoms with Gasteiger partial charge in [-0.2, -0.15) is 4.98 Å². The summed E-state index contributed by atoms with van der Waals surface area (Å²) in [6.07, 6.45) is 2.49. The largest absolute Gasteiger partial charge is 0.481 e. The molecule has 1 amide bonds. The highest BCUT2D eigenvalue weighted by Gasteiger charge is 2.27. The van der Waals surface area contributed by atoms with Gasteiger partial charge in [-0.05, 0) is 25.0 Å². The molecule has 1 aromatic carbocycles. The van der Waals surface area contributed by atoms with E-state index in [1.54, 1.807) is 19.4 Å². The van der Waals surface area contributed by atoms with Crippen LogP contribution in [0.25, 0.3) is 0 Å². The monoisotopic (exact) mass is 298 g/mol. The molecular formula is C16H18N4O2. The standard InChI is InChI=1S/C16H18N4O2/c1-11(18-16-17-9-7-14(19-16)22-2)15(21)20-10-8-12-5-3-4-6-13(12)20/h3-7,9,11H,8,10H2,1-2H3,(H,17,18,19). The van der Waals surface area contributed by atoms with E-state index in [2.05, 4.69) is 21.4 Å². The molecule has 0 saturated carbocycles. The van der Waals surface area contributed by atoms with Crippen LogP contribution in [-0.2, 0) is 11.2 Å². The number of aromatic nitrogens is 2. The second-order valence-electron chi connectivity index (χ2n) is 5.16. The molecule has 114 valence electrons. The third-order valence-corrected chi connectivity index (χ3v) is 3.71. The first-order valence-corrected chi connectivity index (χ1v) is 7.22. The number of ether oxygens (including phenoxy) is 1. The first-order valence-electron chi connectivity index (χ1n) is 7.22. The second kappa shape index (κ2) is 6.01. The van der Waals surface area contributed by atoms with Crippen LogP contribution >= 0.6 is 0 Å². The van der Waals surface area contributed by atoms with Gasteiger partial charge in [-0.1, -0.05) is 18.2 Å². The number of rotatable bonds is 4. The Morgan fingerprint density at radius 2 is 2.18 bits per heavy atom. The highest BCUT2D eigenvalue weighted by atomic mass is 16.5. The molecule has 6 nitrogen and oxygen atoms in total. The van der Waals surface area contributed by atoms with Crippen molar-refractivity contribution in [2.45, 2.75) is 19.4 Å². The SMILES string of the molecule is COc1ccnc(NC(C)C(=O)N2CCc3ccccc32)n1. The molecule has 1 aromatic heterocycles. The number of nitrogens with one attached hydrogen (secondary N) is 1. The zero-order chi connectivity index (χ0) is 15.5. The Bertz CT molecular complexity index is 689. The number of carbonyl (C=O) groups excluding carboxylic acids is 1. The van der Waals surface area contributed by atoms with Crippen LogP contribution in [0.4, 0.5) is 11.6 Å². The van der Waals surface area contributed by atoms with Gasteiger partial charge in [0.05, 0.1) is 7.11 Å². The number of carbonyl (C=O) groups is 1. The third kappa shape index (κ3) is 2.72. The summed E-state index contributed by atoms with van der Waals surface area (Å²) in [6, 6.07) is 9.24. The molecule has 0 bridgehead atoms. The van der Waals surface area contributed by atoms with Crippen LogP contribution in [0.1, 0.15) is 12.5 Å². The lowest BCUT2D eigenvalue weighted by Crippen LogP contribution is -2.40. The van der Waals surface area contributed by atoms with Gasteiger partial charge in [0.2, 0.25) is 17.7 Å². The Balaban J connectivity index is 1.73. The van der Waals surface area contributed by atoms with Crippen molar-refractivity contribution in [3.63, 3.8) is 0 Å². The number of methoxy groups -OCH3 is 1. The normalized spacial score (nSPS) is 14.4. The van der Waals surface area contributed by atoms with Crippen LogP contribution in [0.2, 0.25) is 0 Å². The maximum Gasteiger partial charge on any atom is 0.249 e. The van der Waals surface area contributed by atoms with Gasteiger partial charge in [0.25, 0.3) is 0 Å². The van der Waals surface area contributed by atoms with Gasteiger partial charge in [0, 0.05) is 24.5 Å². The van der Waals surface area contributed by atoms with Gasteiger partial charge in [0.15, 0.2) is 0 Å². The summed E-state index contributed by atoms with van der Waals surface area (Å²) in [6.45, 7) is 2.52. The molecule has 3 rings (SSSR count). The lowest BCUT2D eigenvalue weighted by atomic mass is 10.2. The minimum atomic E-state index is -0.418. The third-order valence-electron chi connectivity index (χ3n) is 3.71. The van der Waals surface area contributed by atoms with Crippen LogP contribution < -0.4 is 15.0 Å². The van der Waals surface area contributed by atoms with Crippen molar-refractivity contribution < 1.29 is 9.53 Å². The Morgan fingerprint density at radius 1 is 1.36 bits per heavy atom. The quantitative estimate of drug-likeness (QED) is 0.933. The summed E-state index contributed by atoms with van der Waals surface area (Å²) >= 11 is 0. The van der Waals surface area contributed by atoms with Crippen molar-refractivity contribution >= 4 is 17.5 Å². The van der Waals surface area contributed by atoms with E-state index < -0.39 is 6.04 Å². The lowest BCUT2D eigenvalue weighted by molar-refractivity contribution is -0.118. The van der Waals surface area contributed by atoms with E-state index in [9.17, 15) is 4.79 Å². The molecule has 0 aliphatic carbocycles. The van der Waals surface area contributed by atoms with Crippen LogP contribution in [-0.4, -0.2) is 35.6 Å². The second-order valence-corrected chi connectivity index (χ2v) is 5.16. The molecule has 1 atom stereocenters. The fraction of sp³-hybridized carbons (Fsp3) is 0.312. The van der Waals surface area contributed by atoms with E-state index in [1.807, 2.05) is 30.0 Å². The topological polar surface area (TPSA) is 67.3 Å². The predicted molar refractivity (Wildman–Crippen MR) is 84.2 cm³/mol. The Hall–Kier alpha value is -2.63. The number of fused-ring (bicyclic) bond motifs is 1. The number of benzene rings is 1. The number of para-hydroxylation sites is 1. The number of hydrogen-bond donors (Lipinski definition) is 1. The fourth-order valence-electron chi connectivity index (χ4n) is 2.58. The molecule has 0 fully saturated rings. The zero-order valence-corrected chi connectivity index (χ0v) is 12.6. The molecule has 2 heterocycles. The zero-order valence-electron chi connectivity index (χ0n) is 12.6. The highest BCUT2D eigenvalue weighted by Crippen LogP contribution is 2.28. The van der Waals surface area contributed by atoms with E-state index in [0.29, 0.717) is 18.4 Å². The summed E-state index contributed by atoms with van der Waals surface area (Å²) in [5, 5.41) is 3.03. The minimum Gasteiger partial charge on any atom is -0.481 e. The minimum absolute atomic E-state index is 0.0105. The molecule has 1 N–H and O–H groups in total. The Labute approximate surface area is 129 Å². The maximum atomic E-state index is 12.6. The lowest BCUT2D eigenvalue weighted by Gasteiger charge is -2.22. The number of anilines is 2. The van der Waals surface area contributed by atoms with E-state index >= 15 is 0 Å². The summed E-state index contributed by atoms with van der Waals surface area (Å²) < 4.78 is 5.06. The predicted octanol–water partition coefficient (Wildman–Crippen LogP) is 1.87. The molecule has 0 saturated heterocycles. The van der Waals surface area contributed by atoms with Crippen LogP contribution in [0.3, 0.4) is 0 Å². The summed E-state index contributed by atoms with van der Waals surface area (Å²) in [4.78, 5) is 22.7. The Kier molecular flexibility index (Phi) is 3.91. The molecule has 22 heavy (non-hydrogen) atoms. The molecule has 6 heteroatoms. The van der Waals surface area contributed by atoms with Crippen LogP contribution in [0.15, 0.2) is 36.5 Å². The number of nitrogens with zero attached hydrogens (tertiary/aromatic N) is 3. The van der Waals surface area contributed by atoms with Crippen LogP contribution in [0, 0.1) is 0 Å². The van der Waals surface area contributed by atoms with Gasteiger partial charge in [-0.15, -0.1) is 0 Å². The Morgan fingerprint density at radius 3 is 3.00 bits per heavy atom. The van der Waals surface area contributed by atoms with Gasteiger partial charge < -0.3 is 15.0 Å². The van der Waals surface area contributed by atoms with E-state index in [1.165, 1.54) is 5.56 Å². The van der Waals surface area contributed by atoms with E-state index in [4.69, 9.17) is 4.74 Å². The average Bonchev–Trinajstić information content (AvgIpc) is 2.98. The van der Waals surface area contributed by atoms with Gasteiger partial charge in [-0.3, -0.25) is 4.79 Å². The first-order chi connectivity index (χ1) is 10.7. The van der Waals surface area contributed by atoms with Crippen molar-refractivity contribution in [1.29, 1.82) is 0 Å². The van der Waals surface area contributed by atoms with Crippen molar-refractivity contribution in [3.05, 3.63) is 42.1 Å². The number of hydrogen-bond acceptors (Lipinski definition) is 5. The van der Waals surface area contributed by atoms with Gasteiger partial charge in [0.1, 0.15) is 6.04 Å². The molecule has 1 aliphatic rings. The van der Waals surface area contributed by atoms with Crippen molar-refractivity contribution in [1.82, 2.24) is 9.97 Å². The fourth-order valence-corrected chi connectivity index (χ4v) is 2.58. The summed E-state index contributed by atoms with van der Waals surface area (Å²) in [7, 11) is 1.54. The molecule has 2 aromatic rings. The molecule has 1 aliphatic heterocycles. The van der Waals surface area contributed by atoms with Gasteiger partial charge >= 0.3 is 0 Å². The highest BCUT2D eigenvalue weighted by molar-refractivity contribution is 5.99. The van der Waals surface area contributed by atoms with Gasteiger partial charge in [-0.25, -0.2) is 4.98 Å². The summed E-state index contributed by atoms with van der Waals surface area (Å²) in [5.74, 6) is 0.854. The maximum absolute atomic E-state index is 12.6. The van der Waals surface area contributed by atoms with E-state index in [0.717, 1.165) is 12.1 Å². The average molecular weight is 298 g/mol. The smallest absolute Gasteiger partial charge is 0.249 e. The first kappa shape index (κ1) is 14.3. The van der Waals surface area contributed by atoms with E-state index in [-0.39, 0.29) is 5.91 Å². The number of amides is 1. The molecule has 1 unspecified atom stereocenters. The summed E-state index contributed by atoms with van der Waals surface area (Å²) in [5.41, 5.74) is 2.20. The van der Waals surface area contributed by atoms with Crippen LogP contribution in [0.5, 0.6) is 5.88 Å². The molecule has 0 spiro atoms. The van der Waals surface area contributed by atoms with Crippen molar-refractivity contribution in [2.75, 3.05) is 23.9 Å².